The van der Waals surface area contributed by atoms with Crippen LogP contribution in [0, 0.1) is 0 Å². The molecule has 0 aliphatic carbocycles. The second kappa shape index (κ2) is 11.7. The number of guanidine groups is 1. The molecule has 32 heavy (non-hydrogen) atoms. The molecule has 2 rings (SSSR count). The Morgan fingerprint density at radius 2 is 2.03 bits per heavy atom. The number of nitrogens with zero attached hydrogens (tertiary/aromatic N) is 3. The van der Waals surface area contributed by atoms with E-state index in [0.29, 0.717) is 25.2 Å². The lowest BCUT2D eigenvalue weighted by molar-refractivity contribution is 0.0193. The Bertz CT molecular complexity index is 801. The first-order valence-corrected chi connectivity index (χ1v) is 11.4. The molecule has 1 atom stereocenters. The highest BCUT2D eigenvalue weighted by atomic mass is 16.6. The van der Waals surface area contributed by atoms with Gasteiger partial charge in [-0.3, -0.25) is 9.79 Å². The van der Waals surface area contributed by atoms with Crippen molar-refractivity contribution in [3.05, 3.63) is 35.4 Å². The second-order valence-corrected chi connectivity index (χ2v) is 9.32. The van der Waals surface area contributed by atoms with Crippen molar-refractivity contribution in [2.24, 2.45) is 4.99 Å². The molecule has 1 aliphatic heterocycles. The van der Waals surface area contributed by atoms with Crippen LogP contribution in [0.3, 0.4) is 0 Å². The van der Waals surface area contributed by atoms with Gasteiger partial charge >= 0.3 is 6.09 Å². The zero-order chi connectivity index (χ0) is 23.7. The minimum atomic E-state index is -0.498. The third kappa shape index (κ3) is 8.40. The Labute approximate surface area is 192 Å². The summed E-state index contributed by atoms with van der Waals surface area (Å²) in [6.07, 6.45) is 2.36. The van der Waals surface area contributed by atoms with Crippen molar-refractivity contribution in [3.8, 4) is 0 Å². The van der Waals surface area contributed by atoms with Gasteiger partial charge in [-0.15, -0.1) is 0 Å². The summed E-state index contributed by atoms with van der Waals surface area (Å²) < 4.78 is 5.52. The molecule has 178 valence electrons. The summed E-state index contributed by atoms with van der Waals surface area (Å²) in [5.74, 6) is 0.737. The van der Waals surface area contributed by atoms with Gasteiger partial charge in [-0.25, -0.2) is 4.79 Å². The maximum Gasteiger partial charge on any atom is 0.410 e. The van der Waals surface area contributed by atoms with Crippen LogP contribution in [0.4, 0.5) is 4.79 Å². The van der Waals surface area contributed by atoms with E-state index in [9.17, 15) is 9.59 Å². The van der Waals surface area contributed by atoms with Crippen molar-refractivity contribution in [1.29, 1.82) is 0 Å². The molecule has 2 N–H and O–H groups in total. The molecule has 0 bridgehead atoms. The summed E-state index contributed by atoms with van der Waals surface area (Å²) in [6, 6.07) is 7.81. The van der Waals surface area contributed by atoms with Gasteiger partial charge in [-0.2, -0.15) is 0 Å². The SMILES string of the molecule is CCNC(=NCCc1cccc(C(=O)N(C)C)c1)NC1CCCN(C(=O)OC(C)(C)C)C1. The predicted octanol–water partition coefficient (Wildman–Crippen LogP) is 2.89. The molecule has 8 nitrogen and oxygen atoms in total. The van der Waals surface area contributed by atoms with Crippen LogP contribution in [0.1, 0.15) is 56.5 Å². The Balaban J connectivity index is 1.95. The average Bonchev–Trinajstić information content (AvgIpc) is 2.72. The highest BCUT2D eigenvalue weighted by molar-refractivity contribution is 5.94. The number of amides is 2. The largest absolute Gasteiger partial charge is 0.444 e. The summed E-state index contributed by atoms with van der Waals surface area (Å²) in [6.45, 7) is 10.3. The molecule has 1 unspecified atom stereocenters. The van der Waals surface area contributed by atoms with Gasteiger partial charge in [0.05, 0.1) is 0 Å². The first kappa shape index (κ1) is 25.5. The lowest BCUT2D eigenvalue weighted by Crippen LogP contribution is -2.53. The van der Waals surface area contributed by atoms with E-state index < -0.39 is 5.60 Å². The van der Waals surface area contributed by atoms with Gasteiger partial charge in [0.2, 0.25) is 0 Å². The molecular formula is C24H39N5O3. The molecule has 0 spiro atoms. The molecular weight excluding hydrogens is 406 g/mol. The topological polar surface area (TPSA) is 86.3 Å². The summed E-state index contributed by atoms with van der Waals surface area (Å²) in [4.78, 5) is 32.6. The standard InChI is InChI=1S/C24H39N5O3/c1-7-25-22(26-14-13-18-10-8-11-19(16-18)21(30)28(5)6)27-20-12-9-15-29(17-20)23(31)32-24(2,3)4/h8,10-11,16,20H,7,9,12-15,17H2,1-6H3,(H2,25,26,27). The average molecular weight is 446 g/mol. The summed E-state index contributed by atoms with van der Waals surface area (Å²) in [7, 11) is 3.51. The van der Waals surface area contributed by atoms with Crippen molar-refractivity contribution in [1.82, 2.24) is 20.4 Å². The number of carbonyl (C=O) groups excluding carboxylic acids is 2. The summed E-state index contributed by atoms with van der Waals surface area (Å²) >= 11 is 0. The number of ether oxygens (including phenoxy) is 1. The van der Waals surface area contributed by atoms with E-state index in [-0.39, 0.29) is 18.0 Å². The van der Waals surface area contributed by atoms with Gasteiger partial charge in [0.1, 0.15) is 5.60 Å². The zero-order valence-corrected chi connectivity index (χ0v) is 20.4. The summed E-state index contributed by atoms with van der Waals surface area (Å²) in [5.41, 5.74) is 1.26. The van der Waals surface area contributed by atoms with E-state index in [2.05, 4.69) is 10.6 Å². The number of hydrogen-bond acceptors (Lipinski definition) is 4. The maximum atomic E-state index is 12.4. The second-order valence-electron chi connectivity index (χ2n) is 9.32. The van der Waals surface area contributed by atoms with Crippen LogP contribution in [0.15, 0.2) is 29.3 Å². The Kier molecular flexibility index (Phi) is 9.35. The molecule has 1 aromatic carbocycles. The van der Waals surface area contributed by atoms with E-state index in [0.717, 1.165) is 37.3 Å². The number of rotatable bonds is 6. The van der Waals surface area contributed by atoms with Gasteiger partial charge in [0, 0.05) is 51.9 Å². The Morgan fingerprint density at radius 3 is 2.69 bits per heavy atom. The molecule has 1 saturated heterocycles. The maximum absolute atomic E-state index is 12.4. The fourth-order valence-corrected chi connectivity index (χ4v) is 3.52. The van der Waals surface area contributed by atoms with Gasteiger partial charge in [-0.05, 0) is 64.7 Å². The lowest BCUT2D eigenvalue weighted by Gasteiger charge is -2.35. The number of carbonyl (C=O) groups is 2. The quantitative estimate of drug-likeness (QED) is 0.519. The highest BCUT2D eigenvalue weighted by Crippen LogP contribution is 2.15. The first-order valence-electron chi connectivity index (χ1n) is 11.4. The van der Waals surface area contributed by atoms with E-state index in [1.807, 2.05) is 52.0 Å². The van der Waals surface area contributed by atoms with Crippen LogP contribution in [0.5, 0.6) is 0 Å². The van der Waals surface area contributed by atoms with Crippen molar-refractivity contribution in [2.75, 3.05) is 40.3 Å². The van der Waals surface area contributed by atoms with Crippen molar-refractivity contribution in [3.63, 3.8) is 0 Å². The molecule has 0 radical (unpaired) electrons. The molecule has 1 aromatic rings. The smallest absolute Gasteiger partial charge is 0.410 e. The molecule has 0 saturated carbocycles. The molecule has 2 amide bonds. The van der Waals surface area contributed by atoms with Crippen molar-refractivity contribution >= 4 is 18.0 Å². The first-order chi connectivity index (χ1) is 15.1. The summed E-state index contributed by atoms with van der Waals surface area (Å²) in [5, 5.41) is 6.75. The van der Waals surface area contributed by atoms with E-state index in [1.54, 1.807) is 23.9 Å². The minimum Gasteiger partial charge on any atom is -0.444 e. The molecule has 1 aliphatic rings. The van der Waals surface area contributed by atoms with E-state index in [4.69, 9.17) is 9.73 Å². The number of benzene rings is 1. The predicted molar refractivity (Wildman–Crippen MR) is 128 cm³/mol. The molecule has 1 fully saturated rings. The highest BCUT2D eigenvalue weighted by Gasteiger charge is 2.28. The van der Waals surface area contributed by atoms with Gasteiger partial charge in [-0.1, -0.05) is 12.1 Å². The van der Waals surface area contributed by atoms with E-state index >= 15 is 0 Å². The van der Waals surface area contributed by atoms with Crippen LogP contribution < -0.4 is 10.6 Å². The number of aliphatic imine (C=N–C) groups is 1. The van der Waals surface area contributed by atoms with Crippen LogP contribution in [-0.2, 0) is 11.2 Å². The zero-order valence-electron chi connectivity index (χ0n) is 20.4. The molecule has 0 aromatic heterocycles. The Hall–Kier alpha value is -2.77. The third-order valence-electron chi connectivity index (χ3n) is 5.01. The third-order valence-corrected chi connectivity index (χ3v) is 5.01. The van der Waals surface area contributed by atoms with Crippen molar-refractivity contribution in [2.45, 2.75) is 58.6 Å². The number of likely N-dealkylation sites (tertiary alicyclic amines) is 1. The lowest BCUT2D eigenvalue weighted by atomic mass is 10.1. The van der Waals surface area contributed by atoms with Crippen molar-refractivity contribution < 1.29 is 14.3 Å². The van der Waals surface area contributed by atoms with Gasteiger partial charge in [0.25, 0.3) is 5.91 Å². The number of hydrogen-bond donors (Lipinski definition) is 2. The van der Waals surface area contributed by atoms with Crippen LogP contribution in [0.25, 0.3) is 0 Å². The van der Waals surface area contributed by atoms with Crippen LogP contribution >= 0.6 is 0 Å². The molecule has 8 heteroatoms. The van der Waals surface area contributed by atoms with Crippen LogP contribution in [-0.4, -0.2) is 79.7 Å². The molecule has 1 heterocycles. The normalized spacial score (nSPS) is 17.0. The fraction of sp³-hybridized carbons (Fsp3) is 0.625. The van der Waals surface area contributed by atoms with Crippen LogP contribution in [0.2, 0.25) is 0 Å². The van der Waals surface area contributed by atoms with Gasteiger partial charge < -0.3 is 25.2 Å². The fourth-order valence-electron chi connectivity index (χ4n) is 3.52. The monoisotopic (exact) mass is 445 g/mol. The van der Waals surface area contributed by atoms with Gasteiger partial charge in [0.15, 0.2) is 5.96 Å². The number of nitrogens with one attached hydrogen (secondary N) is 2. The minimum absolute atomic E-state index is 0.00260. The Morgan fingerprint density at radius 1 is 1.28 bits per heavy atom. The van der Waals surface area contributed by atoms with E-state index in [1.165, 1.54) is 0 Å². The number of piperidine rings is 1.